The smallest absolute Gasteiger partial charge is 0.234 e. The zero-order valence-corrected chi connectivity index (χ0v) is 19.3. The van der Waals surface area contributed by atoms with Crippen LogP contribution in [0.25, 0.3) is 0 Å². The fraction of sp³-hybridized carbons (Fsp3) is 0.292. The number of thioether (sulfide) groups is 1. The van der Waals surface area contributed by atoms with Crippen molar-refractivity contribution in [2.75, 3.05) is 11.1 Å². The number of rotatable bonds is 9. The van der Waals surface area contributed by atoms with Gasteiger partial charge in [-0.3, -0.25) is 9.36 Å². The molecule has 1 aromatic heterocycles. The van der Waals surface area contributed by atoms with E-state index in [-0.39, 0.29) is 29.4 Å². The van der Waals surface area contributed by atoms with Crippen LogP contribution in [0.5, 0.6) is 5.75 Å². The minimum atomic E-state index is -0.441. The van der Waals surface area contributed by atoms with Crippen molar-refractivity contribution in [3.63, 3.8) is 0 Å². The zero-order valence-electron chi connectivity index (χ0n) is 18.5. The maximum atomic E-state index is 13.8. The molecule has 1 amide bonds. The number of halogens is 1. The molecular weight excluding hydrogens is 427 g/mol. The van der Waals surface area contributed by atoms with Gasteiger partial charge in [-0.2, -0.15) is 0 Å². The van der Waals surface area contributed by atoms with Gasteiger partial charge in [-0.15, -0.1) is 16.8 Å². The number of para-hydroxylation sites is 2. The lowest BCUT2D eigenvalue weighted by atomic mass is 9.86. The normalized spacial score (nSPS) is 11.2. The maximum Gasteiger partial charge on any atom is 0.234 e. The number of nitrogens with one attached hydrogen (secondary N) is 1. The monoisotopic (exact) mass is 454 g/mol. The van der Waals surface area contributed by atoms with Crippen LogP contribution in [0, 0.1) is 5.82 Å². The molecule has 2 aromatic carbocycles. The number of carbonyl (C=O) groups excluding carboxylic acids is 1. The summed E-state index contributed by atoms with van der Waals surface area (Å²) < 4.78 is 21.2. The maximum absolute atomic E-state index is 13.8. The summed E-state index contributed by atoms with van der Waals surface area (Å²) >= 11 is 1.27. The molecule has 8 heteroatoms. The Hall–Kier alpha value is -3.13. The summed E-state index contributed by atoms with van der Waals surface area (Å²) in [5, 5.41) is 11.9. The predicted octanol–water partition coefficient (Wildman–Crippen LogP) is 5.21. The summed E-state index contributed by atoms with van der Waals surface area (Å²) in [7, 11) is 0. The number of carbonyl (C=O) groups is 1. The summed E-state index contributed by atoms with van der Waals surface area (Å²) in [6.07, 6.45) is 1.71. The molecule has 0 bridgehead atoms. The Morgan fingerprint density at radius 1 is 1.19 bits per heavy atom. The highest BCUT2D eigenvalue weighted by atomic mass is 32.2. The second kappa shape index (κ2) is 10.5. The van der Waals surface area contributed by atoms with Crippen molar-refractivity contribution in [1.82, 2.24) is 14.8 Å². The third-order valence-electron chi connectivity index (χ3n) is 4.64. The average Bonchev–Trinajstić information content (AvgIpc) is 3.13. The molecule has 3 aromatic rings. The van der Waals surface area contributed by atoms with Gasteiger partial charge < -0.3 is 10.1 Å². The van der Waals surface area contributed by atoms with Gasteiger partial charge in [0.05, 0.1) is 5.75 Å². The minimum Gasteiger partial charge on any atom is -0.483 e. The van der Waals surface area contributed by atoms with Gasteiger partial charge in [0, 0.05) is 12.2 Å². The first kappa shape index (κ1) is 23.5. The van der Waals surface area contributed by atoms with Gasteiger partial charge >= 0.3 is 0 Å². The SMILES string of the molecule is C=CCn1c(COc2ccccc2F)nnc1SCC(=O)Nc1ccccc1C(C)(C)C. The van der Waals surface area contributed by atoms with Crippen molar-refractivity contribution in [3.8, 4) is 5.75 Å². The third kappa shape index (κ3) is 5.97. The van der Waals surface area contributed by atoms with E-state index in [1.807, 2.05) is 24.3 Å². The first-order chi connectivity index (χ1) is 15.3. The highest BCUT2D eigenvalue weighted by Crippen LogP contribution is 2.29. The van der Waals surface area contributed by atoms with Gasteiger partial charge in [-0.25, -0.2) is 4.39 Å². The lowest BCUT2D eigenvalue weighted by molar-refractivity contribution is -0.113. The molecule has 6 nitrogen and oxygen atoms in total. The van der Waals surface area contributed by atoms with Crippen molar-refractivity contribution < 1.29 is 13.9 Å². The summed E-state index contributed by atoms with van der Waals surface area (Å²) in [6, 6.07) is 14.0. The number of ether oxygens (including phenoxy) is 1. The van der Waals surface area contributed by atoms with E-state index in [4.69, 9.17) is 4.74 Å². The fourth-order valence-corrected chi connectivity index (χ4v) is 3.88. The zero-order chi connectivity index (χ0) is 23.1. The van der Waals surface area contributed by atoms with Crippen LogP contribution in [0.15, 0.2) is 66.3 Å². The first-order valence-electron chi connectivity index (χ1n) is 10.2. The summed E-state index contributed by atoms with van der Waals surface area (Å²) in [5.74, 6) is 0.260. The van der Waals surface area contributed by atoms with Crippen LogP contribution < -0.4 is 10.1 Å². The fourth-order valence-electron chi connectivity index (χ4n) is 3.11. The molecule has 0 aliphatic heterocycles. The molecule has 0 aliphatic rings. The topological polar surface area (TPSA) is 69.0 Å². The molecule has 1 N–H and O–H groups in total. The second-order valence-electron chi connectivity index (χ2n) is 8.15. The van der Waals surface area contributed by atoms with E-state index < -0.39 is 5.82 Å². The standard InChI is InChI=1S/C24H27FN4O2S/c1-5-14-29-21(15-31-20-13-9-7-11-18(20)25)27-28-23(29)32-16-22(30)26-19-12-8-6-10-17(19)24(2,3)4/h5-13H,1,14-16H2,2-4H3,(H,26,30). The third-order valence-corrected chi connectivity index (χ3v) is 5.61. The largest absolute Gasteiger partial charge is 0.483 e. The highest BCUT2D eigenvalue weighted by molar-refractivity contribution is 7.99. The quantitative estimate of drug-likeness (QED) is 0.355. The van der Waals surface area contributed by atoms with Gasteiger partial charge in [0.1, 0.15) is 6.61 Å². The first-order valence-corrected chi connectivity index (χ1v) is 11.2. The molecule has 0 saturated heterocycles. The molecule has 3 rings (SSSR count). The van der Waals surface area contributed by atoms with Crippen LogP contribution in [0.1, 0.15) is 32.2 Å². The van der Waals surface area contributed by atoms with E-state index in [2.05, 4.69) is 42.9 Å². The van der Waals surface area contributed by atoms with Crippen molar-refractivity contribution in [1.29, 1.82) is 0 Å². The Morgan fingerprint density at radius 2 is 1.91 bits per heavy atom. The predicted molar refractivity (Wildman–Crippen MR) is 125 cm³/mol. The number of anilines is 1. The number of allylic oxidation sites excluding steroid dienone is 1. The number of benzene rings is 2. The number of aromatic nitrogens is 3. The van der Waals surface area contributed by atoms with E-state index >= 15 is 0 Å². The van der Waals surface area contributed by atoms with E-state index in [9.17, 15) is 9.18 Å². The summed E-state index contributed by atoms with van der Waals surface area (Å²) in [6.45, 7) is 10.6. The van der Waals surface area contributed by atoms with E-state index in [0.717, 1.165) is 11.3 Å². The van der Waals surface area contributed by atoms with Crippen LogP contribution in [-0.2, 0) is 23.4 Å². The van der Waals surface area contributed by atoms with Crippen molar-refractivity contribution in [2.45, 2.75) is 44.5 Å². The molecule has 0 radical (unpaired) electrons. The summed E-state index contributed by atoms with van der Waals surface area (Å²) in [5.41, 5.74) is 1.78. The number of hydrogen-bond acceptors (Lipinski definition) is 5. The molecular formula is C24H27FN4O2S. The molecule has 0 unspecified atom stereocenters. The molecule has 0 aliphatic carbocycles. The van der Waals surface area contributed by atoms with E-state index in [1.165, 1.54) is 17.8 Å². The van der Waals surface area contributed by atoms with Crippen LogP contribution in [0.2, 0.25) is 0 Å². The van der Waals surface area contributed by atoms with Crippen molar-refractivity contribution >= 4 is 23.4 Å². The Labute approximate surface area is 191 Å². The number of nitrogens with zero attached hydrogens (tertiary/aromatic N) is 3. The minimum absolute atomic E-state index is 0.0491. The molecule has 0 fully saturated rings. The second-order valence-corrected chi connectivity index (χ2v) is 9.09. The molecule has 0 saturated carbocycles. The Bertz CT molecular complexity index is 1090. The van der Waals surface area contributed by atoms with Gasteiger partial charge in [0.2, 0.25) is 5.91 Å². The van der Waals surface area contributed by atoms with E-state index in [1.54, 1.807) is 28.8 Å². The average molecular weight is 455 g/mol. The summed E-state index contributed by atoms with van der Waals surface area (Å²) in [4.78, 5) is 12.6. The van der Waals surface area contributed by atoms with Crippen LogP contribution >= 0.6 is 11.8 Å². The van der Waals surface area contributed by atoms with Crippen LogP contribution in [-0.4, -0.2) is 26.4 Å². The molecule has 0 spiro atoms. The molecule has 1 heterocycles. The van der Waals surface area contributed by atoms with Gasteiger partial charge in [-0.1, -0.05) is 68.9 Å². The Morgan fingerprint density at radius 3 is 2.62 bits per heavy atom. The molecule has 0 atom stereocenters. The molecule has 32 heavy (non-hydrogen) atoms. The van der Waals surface area contributed by atoms with Gasteiger partial charge in [0.25, 0.3) is 0 Å². The lowest BCUT2D eigenvalue weighted by Crippen LogP contribution is -2.20. The number of amides is 1. The Balaban J connectivity index is 1.66. The van der Waals surface area contributed by atoms with Crippen LogP contribution in [0.4, 0.5) is 10.1 Å². The van der Waals surface area contributed by atoms with Crippen molar-refractivity contribution in [2.24, 2.45) is 0 Å². The van der Waals surface area contributed by atoms with E-state index in [0.29, 0.717) is 17.5 Å². The van der Waals surface area contributed by atoms with Crippen LogP contribution in [0.3, 0.4) is 0 Å². The van der Waals surface area contributed by atoms with Gasteiger partial charge in [-0.05, 0) is 29.2 Å². The highest BCUT2D eigenvalue weighted by Gasteiger charge is 2.19. The Kier molecular flexibility index (Phi) is 7.69. The molecule has 168 valence electrons. The van der Waals surface area contributed by atoms with Gasteiger partial charge in [0.15, 0.2) is 22.5 Å². The van der Waals surface area contributed by atoms with Crippen molar-refractivity contribution in [3.05, 3.63) is 78.4 Å². The lowest BCUT2D eigenvalue weighted by Gasteiger charge is -2.22. The number of hydrogen-bond donors (Lipinski definition) is 1.